The largest absolute Gasteiger partial charge is 0.384 e. The topological polar surface area (TPSA) is 38.5 Å². The first-order valence-corrected chi connectivity index (χ1v) is 7.31. The fraction of sp³-hybridized carbons (Fsp3) is 0.625. The van der Waals surface area contributed by atoms with Crippen LogP contribution < -0.4 is 5.73 Å². The lowest BCUT2D eigenvalue weighted by Crippen LogP contribution is -2.38. The lowest BCUT2D eigenvalue weighted by atomic mass is 9.98. The third-order valence-corrected chi connectivity index (χ3v) is 4.04. The van der Waals surface area contributed by atoms with Gasteiger partial charge in [0.15, 0.2) is 0 Å². The van der Waals surface area contributed by atoms with E-state index in [0.717, 1.165) is 19.6 Å². The maximum Gasteiger partial charge on any atom is 0.0502 e. The Morgan fingerprint density at radius 3 is 2.84 bits per heavy atom. The van der Waals surface area contributed by atoms with Crippen molar-refractivity contribution >= 4 is 0 Å². The van der Waals surface area contributed by atoms with Gasteiger partial charge in [0.25, 0.3) is 0 Å². The van der Waals surface area contributed by atoms with Crippen LogP contribution in [0, 0.1) is 5.92 Å². The Labute approximate surface area is 116 Å². The fourth-order valence-corrected chi connectivity index (χ4v) is 3.01. The number of hydrogen-bond donors (Lipinski definition) is 1. The lowest BCUT2D eigenvalue weighted by molar-refractivity contribution is 0.0912. The van der Waals surface area contributed by atoms with Gasteiger partial charge in [0, 0.05) is 26.7 Å². The molecule has 0 saturated carbocycles. The third kappa shape index (κ3) is 4.30. The Kier molecular flexibility index (Phi) is 5.83. The Balaban J connectivity index is 1.84. The van der Waals surface area contributed by atoms with Gasteiger partial charge in [-0.25, -0.2) is 0 Å². The van der Waals surface area contributed by atoms with E-state index < -0.39 is 0 Å². The van der Waals surface area contributed by atoms with Gasteiger partial charge in [-0.15, -0.1) is 0 Å². The van der Waals surface area contributed by atoms with Crippen molar-refractivity contribution < 1.29 is 4.74 Å². The molecule has 2 rings (SSSR count). The van der Waals surface area contributed by atoms with Gasteiger partial charge in [-0.1, -0.05) is 24.3 Å². The minimum absolute atomic E-state index is 0.641. The van der Waals surface area contributed by atoms with Gasteiger partial charge < -0.3 is 15.4 Å². The lowest BCUT2D eigenvalue weighted by Gasteiger charge is -2.32. The van der Waals surface area contributed by atoms with Crippen molar-refractivity contribution in [3.8, 4) is 0 Å². The zero-order valence-corrected chi connectivity index (χ0v) is 12.0. The van der Waals surface area contributed by atoms with Crippen molar-refractivity contribution in [2.45, 2.75) is 25.8 Å². The van der Waals surface area contributed by atoms with E-state index in [1.807, 2.05) is 0 Å². The summed E-state index contributed by atoms with van der Waals surface area (Å²) >= 11 is 0. The number of ether oxygens (including phenoxy) is 1. The van der Waals surface area contributed by atoms with Gasteiger partial charge in [-0.2, -0.15) is 0 Å². The maximum atomic E-state index is 5.79. The Hall–Kier alpha value is -0.900. The molecule has 1 saturated heterocycles. The molecule has 1 aliphatic heterocycles. The number of likely N-dealkylation sites (tertiary alicyclic amines) is 1. The summed E-state index contributed by atoms with van der Waals surface area (Å²) in [5.74, 6) is 0.712. The van der Waals surface area contributed by atoms with Crippen LogP contribution in [0.5, 0.6) is 0 Å². The van der Waals surface area contributed by atoms with E-state index in [2.05, 4.69) is 29.2 Å². The number of hydrogen-bond acceptors (Lipinski definition) is 3. The molecule has 3 heteroatoms. The summed E-state index contributed by atoms with van der Waals surface area (Å²) in [6.45, 7) is 5.08. The molecule has 1 aromatic carbocycles. The van der Waals surface area contributed by atoms with Crippen LogP contribution in [0.2, 0.25) is 0 Å². The highest BCUT2D eigenvalue weighted by Crippen LogP contribution is 2.17. The minimum atomic E-state index is 0.641. The summed E-state index contributed by atoms with van der Waals surface area (Å²) in [5.41, 5.74) is 8.48. The SMILES string of the molecule is COCC1CCCN(CCc2ccccc2CN)C1. The Morgan fingerprint density at radius 2 is 2.11 bits per heavy atom. The molecule has 0 aromatic heterocycles. The average molecular weight is 262 g/mol. The predicted molar refractivity (Wildman–Crippen MR) is 79.1 cm³/mol. The summed E-state index contributed by atoms with van der Waals surface area (Å²) in [4.78, 5) is 2.57. The highest BCUT2D eigenvalue weighted by molar-refractivity contribution is 5.27. The number of methoxy groups -OCH3 is 1. The van der Waals surface area contributed by atoms with Gasteiger partial charge in [0.1, 0.15) is 0 Å². The fourth-order valence-electron chi connectivity index (χ4n) is 3.01. The number of nitrogens with two attached hydrogens (primary N) is 1. The number of rotatable bonds is 6. The van der Waals surface area contributed by atoms with E-state index in [4.69, 9.17) is 10.5 Å². The van der Waals surface area contributed by atoms with Crippen LogP contribution in [-0.4, -0.2) is 38.3 Å². The van der Waals surface area contributed by atoms with Crippen molar-refractivity contribution in [2.24, 2.45) is 11.7 Å². The Bertz CT molecular complexity index is 379. The van der Waals surface area contributed by atoms with Crippen LogP contribution in [0.25, 0.3) is 0 Å². The highest BCUT2D eigenvalue weighted by Gasteiger charge is 2.19. The first kappa shape index (κ1) is 14.5. The van der Waals surface area contributed by atoms with E-state index in [9.17, 15) is 0 Å². The molecule has 1 fully saturated rings. The van der Waals surface area contributed by atoms with Crippen LogP contribution in [0.1, 0.15) is 24.0 Å². The van der Waals surface area contributed by atoms with Crippen molar-refractivity contribution in [1.29, 1.82) is 0 Å². The van der Waals surface area contributed by atoms with Crippen LogP contribution >= 0.6 is 0 Å². The van der Waals surface area contributed by atoms with E-state index in [1.165, 1.54) is 37.1 Å². The first-order chi connectivity index (χ1) is 9.33. The molecule has 19 heavy (non-hydrogen) atoms. The van der Waals surface area contributed by atoms with Crippen LogP contribution in [-0.2, 0) is 17.7 Å². The molecule has 0 spiro atoms. The first-order valence-electron chi connectivity index (χ1n) is 7.31. The van der Waals surface area contributed by atoms with Gasteiger partial charge in [-0.05, 0) is 42.9 Å². The second-order valence-corrected chi connectivity index (χ2v) is 5.49. The molecule has 0 aliphatic carbocycles. The van der Waals surface area contributed by atoms with E-state index in [1.54, 1.807) is 7.11 Å². The monoisotopic (exact) mass is 262 g/mol. The normalized spacial score (nSPS) is 20.6. The van der Waals surface area contributed by atoms with E-state index in [0.29, 0.717) is 12.5 Å². The van der Waals surface area contributed by atoms with Crippen molar-refractivity contribution in [3.05, 3.63) is 35.4 Å². The minimum Gasteiger partial charge on any atom is -0.384 e. The zero-order chi connectivity index (χ0) is 13.5. The molecule has 1 atom stereocenters. The Morgan fingerprint density at radius 1 is 1.32 bits per heavy atom. The molecular formula is C16H26N2O. The van der Waals surface area contributed by atoms with Crippen LogP contribution in [0.4, 0.5) is 0 Å². The van der Waals surface area contributed by atoms with E-state index in [-0.39, 0.29) is 0 Å². The standard InChI is InChI=1S/C16H26N2O/c1-19-13-14-5-4-9-18(12-14)10-8-15-6-2-3-7-16(15)11-17/h2-3,6-7,14H,4-5,8-13,17H2,1H3. The molecule has 1 aromatic rings. The molecule has 1 unspecified atom stereocenters. The van der Waals surface area contributed by atoms with Crippen LogP contribution in [0.3, 0.4) is 0 Å². The van der Waals surface area contributed by atoms with E-state index >= 15 is 0 Å². The summed E-state index contributed by atoms with van der Waals surface area (Å²) in [6.07, 6.45) is 3.71. The van der Waals surface area contributed by atoms with Crippen molar-refractivity contribution in [1.82, 2.24) is 4.90 Å². The summed E-state index contributed by atoms with van der Waals surface area (Å²) < 4.78 is 5.29. The quantitative estimate of drug-likeness (QED) is 0.852. The molecule has 1 aliphatic rings. The number of benzene rings is 1. The smallest absolute Gasteiger partial charge is 0.0502 e. The zero-order valence-electron chi connectivity index (χ0n) is 12.0. The summed E-state index contributed by atoms with van der Waals surface area (Å²) in [7, 11) is 1.80. The predicted octanol–water partition coefficient (Wildman–Crippen LogP) is 2.05. The van der Waals surface area contributed by atoms with Gasteiger partial charge in [0.2, 0.25) is 0 Å². The second-order valence-electron chi connectivity index (χ2n) is 5.49. The molecule has 0 amide bonds. The third-order valence-electron chi connectivity index (χ3n) is 4.04. The molecule has 1 heterocycles. The van der Waals surface area contributed by atoms with Crippen molar-refractivity contribution in [2.75, 3.05) is 33.4 Å². The molecular weight excluding hydrogens is 236 g/mol. The number of piperidine rings is 1. The van der Waals surface area contributed by atoms with Crippen LogP contribution in [0.15, 0.2) is 24.3 Å². The molecule has 0 radical (unpaired) electrons. The van der Waals surface area contributed by atoms with Gasteiger partial charge in [0.05, 0.1) is 6.61 Å². The van der Waals surface area contributed by atoms with Gasteiger partial charge in [-0.3, -0.25) is 0 Å². The molecule has 106 valence electrons. The van der Waals surface area contributed by atoms with Crippen molar-refractivity contribution in [3.63, 3.8) is 0 Å². The molecule has 2 N–H and O–H groups in total. The average Bonchev–Trinajstić information content (AvgIpc) is 2.46. The maximum absolute atomic E-state index is 5.79. The second kappa shape index (κ2) is 7.63. The number of nitrogens with zero attached hydrogens (tertiary/aromatic N) is 1. The molecule has 3 nitrogen and oxygen atoms in total. The van der Waals surface area contributed by atoms with Gasteiger partial charge >= 0.3 is 0 Å². The molecule has 0 bridgehead atoms. The summed E-state index contributed by atoms with van der Waals surface area (Å²) in [6, 6.07) is 8.53. The highest BCUT2D eigenvalue weighted by atomic mass is 16.5. The summed E-state index contributed by atoms with van der Waals surface area (Å²) in [5, 5.41) is 0.